The summed E-state index contributed by atoms with van der Waals surface area (Å²) >= 11 is 0. The van der Waals surface area contributed by atoms with Crippen LogP contribution in [-0.2, 0) is 16.1 Å². The SMILES string of the molecule is Cc1cc(C(=O)OC(C)C(=O)N2CCN(Cc3ccccc3)CC2)c(C)o1. The fraction of sp³-hybridized carbons (Fsp3) is 0.429. The Kier molecular flexibility index (Phi) is 5.96. The monoisotopic (exact) mass is 370 g/mol. The molecule has 1 saturated heterocycles. The number of hydrogen-bond acceptors (Lipinski definition) is 5. The van der Waals surface area contributed by atoms with Crippen molar-refractivity contribution in [1.29, 1.82) is 0 Å². The fourth-order valence-corrected chi connectivity index (χ4v) is 3.33. The third-order valence-electron chi connectivity index (χ3n) is 4.83. The van der Waals surface area contributed by atoms with Crippen LogP contribution in [0.15, 0.2) is 40.8 Å². The molecule has 1 aromatic heterocycles. The first-order valence-electron chi connectivity index (χ1n) is 9.27. The van der Waals surface area contributed by atoms with Gasteiger partial charge in [0.1, 0.15) is 17.1 Å². The molecule has 3 rings (SSSR count). The van der Waals surface area contributed by atoms with Crippen molar-refractivity contribution in [3.05, 3.63) is 59.0 Å². The van der Waals surface area contributed by atoms with Gasteiger partial charge in [0.15, 0.2) is 6.10 Å². The second kappa shape index (κ2) is 8.39. The van der Waals surface area contributed by atoms with Crippen molar-refractivity contribution in [1.82, 2.24) is 9.80 Å². The molecule has 0 spiro atoms. The Morgan fingerprint density at radius 2 is 1.78 bits per heavy atom. The summed E-state index contributed by atoms with van der Waals surface area (Å²) < 4.78 is 10.7. The largest absolute Gasteiger partial charge is 0.466 e. The third-order valence-corrected chi connectivity index (χ3v) is 4.83. The molecule has 0 radical (unpaired) electrons. The molecule has 1 atom stereocenters. The zero-order valence-corrected chi connectivity index (χ0v) is 16.1. The van der Waals surface area contributed by atoms with E-state index in [9.17, 15) is 9.59 Å². The predicted molar refractivity (Wildman–Crippen MR) is 101 cm³/mol. The molecule has 1 aromatic carbocycles. The van der Waals surface area contributed by atoms with Crippen LogP contribution in [0.4, 0.5) is 0 Å². The number of benzene rings is 1. The highest BCUT2D eigenvalue weighted by Gasteiger charge is 2.28. The summed E-state index contributed by atoms with van der Waals surface area (Å²) in [6.07, 6.45) is -0.812. The number of aryl methyl sites for hydroxylation is 2. The number of amides is 1. The topological polar surface area (TPSA) is 63.0 Å². The van der Waals surface area contributed by atoms with Crippen LogP contribution in [0.2, 0.25) is 0 Å². The van der Waals surface area contributed by atoms with Gasteiger partial charge in [-0.25, -0.2) is 4.79 Å². The maximum absolute atomic E-state index is 12.6. The van der Waals surface area contributed by atoms with E-state index in [2.05, 4.69) is 17.0 Å². The lowest BCUT2D eigenvalue weighted by Crippen LogP contribution is -2.51. The van der Waals surface area contributed by atoms with Crippen LogP contribution in [0.1, 0.15) is 34.4 Å². The molecule has 1 aliphatic heterocycles. The van der Waals surface area contributed by atoms with E-state index in [1.165, 1.54) is 5.56 Å². The summed E-state index contributed by atoms with van der Waals surface area (Å²) in [7, 11) is 0. The Morgan fingerprint density at radius 1 is 1.11 bits per heavy atom. The van der Waals surface area contributed by atoms with E-state index in [-0.39, 0.29) is 5.91 Å². The molecule has 0 N–H and O–H groups in total. The number of hydrogen-bond donors (Lipinski definition) is 0. The lowest BCUT2D eigenvalue weighted by molar-refractivity contribution is -0.141. The van der Waals surface area contributed by atoms with Gasteiger partial charge in [0.2, 0.25) is 0 Å². The normalized spacial score (nSPS) is 16.2. The molecule has 0 saturated carbocycles. The van der Waals surface area contributed by atoms with Crippen LogP contribution in [0, 0.1) is 13.8 Å². The number of piperazine rings is 1. The van der Waals surface area contributed by atoms with Crippen LogP contribution >= 0.6 is 0 Å². The third kappa shape index (κ3) is 4.77. The molecule has 6 nitrogen and oxygen atoms in total. The van der Waals surface area contributed by atoms with E-state index in [0.29, 0.717) is 30.2 Å². The quantitative estimate of drug-likeness (QED) is 0.758. The summed E-state index contributed by atoms with van der Waals surface area (Å²) in [5.41, 5.74) is 1.64. The fourth-order valence-electron chi connectivity index (χ4n) is 3.33. The highest BCUT2D eigenvalue weighted by atomic mass is 16.5. The zero-order valence-electron chi connectivity index (χ0n) is 16.1. The Morgan fingerprint density at radius 3 is 2.37 bits per heavy atom. The number of rotatable bonds is 5. The van der Waals surface area contributed by atoms with E-state index in [1.807, 2.05) is 18.2 Å². The average Bonchev–Trinajstić information content (AvgIpc) is 3.01. The molecule has 1 aliphatic rings. The summed E-state index contributed by atoms with van der Waals surface area (Å²) in [5, 5.41) is 0. The Hall–Kier alpha value is -2.60. The molecule has 144 valence electrons. The number of carbonyl (C=O) groups excluding carboxylic acids is 2. The van der Waals surface area contributed by atoms with Gasteiger partial charge in [-0.15, -0.1) is 0 Å². The van der Waals surface area contributed by atoms with Gasteiger partial charge in [-0.2, -0.15) is 0 Å². The number of nitrogens with zero attached hydrogens (tertiary/aromatic N) is 2. The van der Waals surface area contributed by atoms with Crippen molar-refractivity contribution in [2.75, 3.05) is 26.2 Å². The molecule has 2 heterocycles. The molecule has 1 amide bonds. The molecule has 0 aliphatic carbocycles. The van der Waals surface area contributed by atoms with E-state index in [1.54, 1.807) is 31.7 Å². The highest BCUT2D eigenvalue weighted by Crippen LogP contribution is 2.16. The summed E-state index contributed by atoms with van der Waals surface area (Å²) in [6.45, 7) is 8.87. The lowest BCUT2D eigenvalue weighted by Gasteiger charge is -2.35. The van der Waals surface area contributed by atoms with E-state index < -0.39 is 12.1 Å². The summed E-state index contributed by atoms with van der Waals surface area (Å²) in [6, 6.07) is 11.9. The summed E-state index contributed by atoms with van der Waals surface area (Å²) in [5.74, 6) is 0.480. The van der Waals surface area contributed by atoms with Crippen molar-refractivity contribution < 1.29 is 18.7 Å². The minimum Gasteiger partial charge on any atom is -0.466 e. The first-order valence-corrected chi connectivity index (χ1v) is 9.27. The van der Waals surface area contributed by atoms with Gasteiger partial charge in [0.25, 0.3) is 5.91 Å². The number of esters is 1. The molecule has 0 bridgehead atoms. The van der Waals surface area contributed by atoms with Gasteiger partial charge in [0.05, 0.1) is 0 Å². The van der Waals surface area contributed by atoms with Gasteiger partial charge in [-0.3, -0.25) is 9.69 Å². The number of carbonyl (C=O) groups is 2. The van der Waals surface area contributed by atoms with Crippen molar-refractivity contribution >= 4 is 11.9 Å². The van der Waals surface area contributed by atoms with Gasteiger partial charge < -0.3 is 14.1 Å². The second-order valence-corrected chi connectivity index (χ2v) is 6.96. The first-order chi connectivity index (χ1) is 12.9. The minimum atomic E-state index is -0.812. The van der Waals surface area contributed by atoms with Crippen LogP contribution in [0.3, 0.4) is 0 Å². The number of ether oxygens (including phenoxy) is 1. The Balaban J connectivity index is 1.49. The summed E-state index contributed by atoms with van der Waals surface area (Å²) in [4.78, 5) is 29.0. The molecule has 6 heteroatoms. The zero-order chi connectivity index (χ0) is 19.4. The van der Waals surface area contributed by atoms with Crippen LogP contribution in [0.25, 0.3) is 0 Å². The van der Waals surface area contributed by atoms with Crippen molar-refractivity contribution in [3.8, 4) is 0 Å². The highest BCUT2D eigenvalue weighted by molar-refractivity contribution is 5.93. The van der Waals surface area contributed by atoms with Gasteiger partial charge >= 0.3 is 5.97 Å². The van der Waals surface area contributed by atoms with Gasteiger partial charge in [-0.05, 0) is 32.4 Å². The van der Waals surface area contributed by atoms with E-state index in [4.69, 9.17) is 9.15 Å². The standard InChI is InChI=1S/C21H26N2O4/c1-15-13-19(16(2)26-15)21(25)27-17(3)20(24)23-11-9-22(10-12-23)14-18-7-5-4-6-8-18/h4-8,13,17H,9-12,14H2,1-3H3. The van der Waals surface area contributed by atoms with Crippen LogP contribution in [0.5, 0.6) is 0 Å². The van der Waals surface area contributed by atoms with E-state index in [0.717, 1.165) is 19.6 Å². The molecular weight excluding hydrogens is 344 g/mol. The molecule has 2 aromatic rings. The van der Waals surface area contributed by atoms with Gasteiger partial charge in [-0.1, -0.05) is 30.3 Å². The Bertz CT molecular complexity index is 792. The second-order valence-electron chi connectivity index (χ2n) is 6.96. The van der Waals surface area contributed by atoms with Crippen molar-refractivity contribution in [2.45, 2.75) is 33.4 Å². The molecule has 1 fully saturated rings. The van der Waals surface area contributed by atoms with Crippen LogP contribution in [-0.4, -0.2) is 54.0 Å². The first kappa shape index (κ1) is 19.2. The number of furan rings is 1. The molecular formula is C21H26N2O4. The molecule has 1 unspecified atom stereocenters. The Labute approximate surface area is 159 Å². The van der Waals surface area contributed by atoms with Crippen LogP contribution < -0.4 is 0 Å². The predicted octanol–water partition coefficient (Wildman–Crippen LogP) is 2.79. The average molecular weight is 370 g/mol. The van der Waals surface area contributed by atoms with Gasteiger partial charge in [0, 0.05) is 32.7 Å². The lowest BCUT2D eigenvalue weighted by atomic mass is 10.2. The minimum absolute atomic E-state index is 0.152. The smallest absolute Gasteiger partial charge is 0.342 e. The maximum atomic E-state index is 12.6. The van der Waals surface area contributed by atoms with E-state index >= 15 is 0 Å². The molecule has 27 heavy (non-hydrogen) atoms. The maximum Gasteiger partial charge on any atom is 0.342 e. The van der Waals surface area contributed by atoms with Crippen molar-refractivity contribution in [3.63, 3.8) is 0 Å². The van der Waals surface area contributed by atoms with Crippen molar-refractivity contribution in [2.24, 2.45) is 0 Å².